The van der Waals surface area contributed by atoms with Crippen LogP contribution in [0, 0.1) is 6.92 Å². The third kappa shape index (κ3) is 5.82. The molecule has 0 saturated heterocycles. The predicted octanol–water partition coefficient (Wildman–Crippen LogP) is 4.78. The molecule has 0 unspecified atom stereocenters. The van der Waals surface area contributed by atoms with E-state index in [-0.39, 0.29) is 30.6 Å². The van der Waals surface area contributed by atoms with E-state index in [4.69, 9.17) is 4.74 Å². The van der Waals surface area contributed by atoms with Gasteiger partial charge in [-0.2, -0.15) is 0 Å². The van der Waals surface area contributed by atoms with Crippen molar-refractivity contribution in [2.45, 2.75) is 59.0 Å². The Labute approximate surface area is 195 Å². The molecule has 1 aliphatic rings. The number of thiophene rings is 1. The van der Waals surface area contributed by atoms with E-state index in [0.29, 0.717) is 19.7 Å². The van der Waals surface area contributed by atoms with Gasteiger partial charge in [0.05, 0.1) is 6.04 Å². The monoisotopic (exact) mass is 457 g/mol. The van der Waals surface area contributed by atoms with Crippen LogP contribution in [0.4, 0.5) is 4.79 Å². The molecule has 0 radical (unpaired) electrons. The van der Waals surface area contributed by atoms with Crippen LogP contribution >= 0.6 is 11.3 Å². The first-order valence-corrected chi connectivity index (χ1v) is 12.4. The van der Waals surface area contributed by atoms with E-state index in [9.17, 15) is 9.59 Å². The van der Waals surface area contributed by atoms with E-state index in [0.717, 1.165) is 30.6 Å². The van der Waals surface area contributed by atoms with Crippen LogP contribution in [-0.2, 0) is 11.2 Å². The number of carbonyl (C=O) groups is 2. The maximum atomic E-state index is 13.5. The summed E-state index contributed by atoms with van der Waals surface area (Å²) in [6, 6.07) is 9.72. The number of hydrogen-bond donors (Lipinski definition) is 1. The molecule has 2 aromatic rings. The molecule has 32 heavy (non-hydrogen) atoms. The Bertz CT molecular complexity index is 896. The van der Waals surface area contributed by atoms with Crippen LogP contribution in [0.2, 0.25) is 0 Å². The van der Waals surface area contributed by atoms with Crippen LogP contribution in [0.15, 0.2) is 35.7 Å². The van der Waals surface area contributed by atoms with Crippen molar-refractivity contribution in [3.05, 3.63) is 51.7 Å². The van der Waals surface area contributed by atoms with Crippen molar-refractivity contribution in [2.75, 3.05) is 26.2 Å². The van der Waals surface area contributed by atoms with Crippen LogP contribution in [0.25, 0.3) is 0 Å². The van der Waals surface area contributed by atoms with Crippen molar-refractivity contribution in [3.63, 3.8) is 0 Å². The number of urea groups is 1. The Kier molecular flexibility index (Phi) is 8.56. The number of fused-ring (bicyclic) bond motifs is 1. The van der Waals surface area contributed by atoms with E-state index in [1.165, 1.54) is 10.4 Å². The summed E-state index contributed by atoms with van der Waals surface area (Å²) in [5.74, 6) is 0.761. The highest BCUT2D eigenvalue weighted by atomic mass is 32.1. The lowest BCUT2D eigenvalue weighted by Gasteiger charge is -2.38. The highest BCUT2D eigenvalue weighted by molar-refractivity contribution is 7.10. The van der Waals surface area contributed by atoms with Gasteiger partial charge in [-0.25, -0.2) is 4.79 Å². The molecule has 1 aliphatic heterocycles. The smallest absolute Gasteiger partial charge is 0.318 e. The van der Waals surface area contributed by atoms with Crippen LogP contribution in [0.3, 0.4) is 0 Å². The molecule has 0 fully saturated rings. The van der Waals surface area contributed by atoms with Crippen molar-refractivity contribution in [1.29, 1.82) is 0 Å². The number of ether oxygens (including phenoxy) is 1. The molecule has 7 heteroatoms. The van der Waals surface area contributed by atoms with Crippen LogP contribution in [0.1, 0.15) is 55.7 Å². The summed E-state index contributed by atoms with van der Waals surface area (Å²) in [5.41, 5.74) is 2.34. The first-order valence-electron chi connectivity index (χ1n) is 11.5. The summed E-state index contributed by atoms with van der Waals surface area (Å²) >= 11 is 1.73. The summed E-state index contributed by atoms with van der Waals surface area (Å²) in [5, 5.41) is 5.01. The third-order valence-corrected chi connectivity index (χ3v) is 7.06. The second-order valence-electron chi connectivity index (χ2n) is 8.39. The number of aryl methyl sites for hydroxylation is 1. The number of rotatable bonds is 9. The summed E-state index contributed by atoms with van der Waals surface area (Å²) in [7, 11) is 0. The quantitative estimate of drug-likeness (QED) is 0.589. The van der Waals surface area contributed by atoms with Gasteiger partial charge in [-0.15, -0.1) is 11.3 Å². The summed E-state index contributed by atoms with van der Waals surface area (Å²) in [6.07, 6.45) is 2.49. The molecule has 1 N–H and O–H groups in total. The van der Waals surface area contributed by atoms with Crippen LogP contribution < -0.4 is 10.1 Å². The standard InChI is InChI=1S/C25H35N3O3S/c1-5-13-26-25(30)28(19(4)6-2)16-24(29)27-14-11-23-21(12-15-32-23)22(27)17-31-20-9-7-18(3)8-10-20/h7-10,12,15,19,22H,5-6,11,13-14,16-17H2,1-4H3,(H,26,30)/t19-,22-/m0/s1. The highest BCUT2D eigenvalue weighted by Crippen LogP contribution is 2.34. The minimum atomic E-state index is -0.171. The first kappa shape index (κ1) is 24.1. The fourth-order valence-electron chi connectivity index (χ4n) is 3.90. The van der Waals surface area contributed by atoms with Gasteiger partial charge in [0.15, 0.2) is 0 Å². The Morgan fingerprint density at radius 3 is 2.69 bits per heavy atom. The van der Waals surface area contributed by atoms with Crippen molar-refractivity contribution in [2.24, 2.45) is 0 Å². The molecule has 3 amide bonds. The minimum Gasteiger partial charge on any atom is -0.491 e. The zero-order valence-electron chi connectivity index (χ0n) is 19.6. The number of benzene rings is 1. The zero-order valence-corrected chi connectivity index (χ0v) is 20.4. The van der Waals surface area contributed by atoms with Gasteiger partial charge < -0.3 is 19.9 Å². The van der Waals surface area contributed by atoms with Gasteiger partial charge in [-0.1, -0.05) is 31.5 Å². The van der Waals surface area contributed by atoms with Gasteiger partial charge in [-0.3, -0.25) is 4.79 Å². The van der Waals surface area contributed by atoms with Crippen LogP contribution in [-0.4, -0.2) is 54.0 Å². The number of nitrogens with one attached hydrogen (secondary N) is 1. The highest BCUT2D eigenvalue weighted by Gasteiger charge is 2.34. The molecule has 174 valence electrons. The number of carbonyl (C=O) groups excluding carboxylic acids is 2. The average Bonchev–Trinajstić information content (AvgIpc) is 3.29. The van der Waals surface area contributed by atoms with Crippen molar-refractivity contribution in [1.82, 2.24) is 15.1 Å². The molecule has 0 aliphatic carbocycles. The normalized spacial score (nSPS) is 16.2. The van der Waals surface area contributed by atoms with Gasteiger partial charge >= 0.3 is 6.03 Å². The molecule has 1 aromatic heterocycles. The van der Waals surface area contributed by atoms with Gasteiger partial charge in [0.2, 0.25) is 5.91 Å². The van der Waals surface area contributed by atoms with Gasteiger partial charge in [0.25, 0.3) is 0 Å². The maximum Gasteiger partial charge on any atom is 0.318 e. The molecular weight excluding hydrogens is 422 g/mol. The lowest BCUT2D eigenvalue weighted by Crippen LogP contribution is -2.52. The fraction of sp³-hybridized carbons (Fsp3) is 0.520. The van der Waals surface area contributed by atoms with Gasteiger partial charge in [0.1, 0.15) is 18.9 Å². The molecule has 6 nitrogen and oxygen atoms in total. The second-order valence-corrected chi connectivity index (χ2v) is 9.39. The SMILES string of the molecule is CCCNC(=O)N(CC(=O)N1CCc2sccc2[C@@H]1COc1ccc(C)cc1)[C@@H](C)CC. The molecule has 0 spiro atoms. The molecule has 0 bridgehead atoms. The van der Waals surface area contributed by atoms with E-state index < -0.39 is 0 Å². The Balaban J connectivity index is 1.75. The lowest BCUT2D eigenvalue weighted by atomic mass is 10.00. The summed E-state index contributed by atoms with van der Waals surface area (Å²) < 4.78 is 6.10. The van der Waals surface area contributed by atoms with E-state index in [1.807, 2.05) is 56.9 Å². The summed E-state index contributed by atoms with van der Waals surface area (Å²) in [4.78, 5) is 31.0. The molecule has 1 aromatic carbocycles. The third-order valence-electron chi connectivity index (χ3n) is 6.06. The number of amides is 3. The van der Waals surface area contributed by atoms with E-state index in [1.54, 1.807) is 16.2 Å². The predicted molar refractivity (Wildman–Crippen MR) is 129 cm³/mol. The van der Waals surface area contributed by atoms with Gasteiger partial charge in [0, 0.05) is 24.0 Å². The van der Waals surface area contributed by atoms with E-state index >= 15 is 0 Å². The molecule has 3 rings (SSSR count). The number of nitrogens with zero attached hydrogens (tertiary/aromatic N) is 2. The Morgan fingerprint density at radius 2 is 2.00 bits per heavy atom. The topological polar surface area (TPSA) is 61.9 Å². The van der Waals surface area contributed by atoms with Gasteiger partial charge in [-0.05, 0) is 62.3 Å². The maximum absolute atomic E-state index is 13.5. The number of hydrogen-bond acceptors (Lipinski definition) is 4. The zero-order chi connectivity index (χ0) is 23.1. The minimum absolute atomic E-state index is 0.0143. The summed E-state index contributed by atoms with van der Waals surface area (Å²) in [6.45, 7) is 9.80. The molecule has 0 saturated carbocycles. The Morgan fingerprint density at radius 1 is 1.25 bits per heavy atom. The molecule has 2 atom stereocenters. The van der Waals surface area contributed by atoms with E-state index in [2.05, 4.69) is 16.8 Å². The molecular formula is C25H35N3O3S. The second kappa shape index (κ2) is 11.4. The largest absolute Gasteiger partial charge is 0.491 e. The molecule has 2 heterocycles. The van der Waals surface area contributed by atoms with Crippen molar-refractivity contribution >= 4 is 23.3 Å². The lowest BCUT2D eigenvalue weighted by molar-refractivity contribution is -0.135. The van der Waals surface area contributed by atoms with Crippen molar-refractivity contribution in [3.8, 4) is 5.75 Å². The Hall–Kier alpha value is -2.54. The van der Waals surface area contributed by atoms with Crippen molar-refractivity contribution < 1.29 is 14.3 Å². The fourth-order valence-corrected chi connectivity index (χ4v) is 4.83. The first-order chi connectivity index (χ1) is 15.4. The average molecular weight is 458 g/mol. The van der Waals surface area contributed by atoms with Crippen LogP contribution in [0.5, 0.6) is 5.75 Å².